The summed E-state index contributed by atoms with van der Waals surface area (Å²) < 4.78 is 0. The van der Waals surface area contributed by atoms with Gasteiger partial charge in [0.15, 0.2) is 5.96 Å². The number of halogens is 1. The van der Waals surface area contributed by atoms with Crippen LogP contribution in [0.2, 0.25) is 0 Å². The number of piperazine rings is 1. The second-order valence-electron chi connectivity index (χ2n) is 7.73. The minimum Gasteiger partial charge on any atom is -0.357 e. The zero-order valence-corrected chi connectivity index (χ0v) is 21.7. The van der Waals surface area contributed by atoms with Crippen LogP contribution < -0.4 is 15.5 Å². The van der Waals surface area contributed by atoms with Crippen molar-refractivity contribution in [3.05, 3.63) is 18.5 Å². The predicted octanol–water partition coefficient (Wildman–Crippen LogP) is 2.90. The number of amides is 1. The highest BCUT2D eigenvalue weighted by Gasteiger charge is 2.22. The molecular formula is C22H40IN7O. The van der Waals surface area contributed by atoms with Gasteiger partial charge in [-0.05, 0) is 25.3 Å². The van der Waals surface area contributed by atoms with E-state index in [1.807, 2.05) is 11.0 Å². The smallest absolute Gasteiger partial charge is 0.225 e. The monoisotopic (exact) mass is 545 g/mol. The van der Waals surface area contributed by atoms with E-state index in [0.29, 0.717) is 32.0 Å². The van der Waals surface area contributed by atoms with Crippen molar-refractivity contribution in [3.63, 3.8) is 0 Å². The Bertz CT molecular complexity index is 636. The number of hydrogen-bond acceptors (Lipinski definition) is 5. The lowest BCUT2D eigenvalue weighted by molar-refractivity contribution is -0.131. The van der Waals surface area contributed by atoms with Crippen molar-refractivity contribution in [1.29, 1.82) is 0 Å². The molecule has 2 heterocycles. The first-order valence-corrected chi connectivity index (χ1v) is 11.5. The van der Waals surface area contributed by atoms with E-state index in [0.717, 1.165) is 44.5 Å². The molecule has 1 unspecified atom stereocenters. The normalized spacial score (nSPS) is 15.3. The molecular weight excluding hydrogens is 505 g/mol. The molecule has 1 amide bonds. The molecule has 0 bridgehead atoms. The molecule has 9 heteroatoms. The highest BCUT2D eigenvalue weighted by atomic mass is 127. The summed E-state index contributed by atoms with van der Waals surface area (Å²) in [7, 11) is 0. The summed E-state index contributed by atoms with van der Waals surface area (Å²) in [4.78, 5) is 30.0. The van der Waals surface area contributed by atoms with E-state index in [-0.39, 0.29) is 29.9 Å². The highest BCUT2D eigenvalue weighted by Crippen LogP contribution is 2.13. The molecule has 1 saturated heterocycles. The zero-order valence-electron chi connectivity index (χ0n) is 19.3. The Morgan fingerprint density at radius 3 is 2.45 bits per heavy atom. The molecule has 2 rings (SSSR count). The van der Waals surface area contributed by atoms with Crippen LogP contribution in [0.4, 0.5) is 5.95 Å². The number of rotatable bonds is 11. The van der Waals surface area contributed by atoms with Crippen molar-refractivity contribution in [2.24, 2.45) is 10.9 Å². The number of nitrogens with one attached hydrogen (secondary N) is 2. The van der Waals surface area contributed by atoms with Crippen molar-refractivity contribution in [1.82, 2.24) is 25.5 Å². The number of aromatic nitrogens is 2. The fraction of sp³-hybridized carbons (Fsp3) is 0.727. The molecule has 2 N–H and O–H groups in total. The summed E-state index contributed by atoms with van der Waals surface area (Å²) in [6, 6.07) is 1.81. The fourth-order valence-electron chi connectivity index (χ4n) is 3.54. The van der Waals surface area contributed by atoms with Gasteiger partial charge in [0.2, 0.25) is 11.9 Å². The Morgan fingerprint density at radius 1 is 1.13 bits per heavy atom. The Labute approximate surface area is 204 Å². The molecule has 1 atom stereocenters. The average molecular weight is 546 g/mol. The van der Waals surface area contributed by atoms with Crippen LogP contribution in [0.1, 0.15) is 52.9 Å². The van der Waals surface area contributed by atoms with Crippen molar-refractivity contribution in [3.8, 4) is 0 Å². The van der Waals surface area contributed by atoms with Crippen molar-refractivity contribution < 1.29 is 4.79 Å². The fourth-order valence-corrected chi connectivity index (χ4v) is 3.54. The maximum Gasteiger partial charge on any atom is 0.225 e. The van der Waals surface area contributed by atoms with Crippen LogP contribution in [-0.4, -0.2) is 72.5 Å². The predicted molar refractivity (Wildman–Crippen MR) is 138 cm³/mol. The summed E-state index contributed by atoms with van der Waals surface area (Å²) in [6.07, 6.45) is 8.85. The molecule has 1 fully saturated rings. The number of aliphatic imine (C=N–C) groups is 1. The summed E-state index contributed by atoms with van der Waals surface area (Å²) in [5.74, 6) is 2.36. The molecule has 1 aliphatic heterocycles. The lowest BCUT2D eigenvalue weighted by Crippen LogP contribution is -2.50. The number of carbonyl (C=O) groups excluding carboxylic acids is 1. The Kier molecular flexibility index (Phi) is 14.2. The number of anilines is 1. The topological polar surface area (TPSA) is 85.8 Å². The maximum atomic E-state index is 12.6. The van der Waals surface area contributed by atoms with Gasteiger partial charge in [0.1, 0.15) is 0 Å². The third kappa shape index (κ3) is 10.0. The first-order chi connectivity index (χ1) is 14.7. The van der Waals surface area contributed by atoms with Gasteiger partial charge in [-0.3, -0.25) is 9.79 Å². The van der Waals surface area contributed by atoms with Crippen LogP contribution in [0.15, 0.2) is 23.5 Å². The zero-order chi connectivity index (χ0) is 21.6. The van der Waals surface area contributed by atoms with Crippen LogP contribution >= 0.6 is 24.0 Å². The lowest BCUT2D eigenvalue weighted by atomic mass is 10.00. The van der Waals surface area contributed by atoms with E-state index in [1.165, 1.54) is 19.3 Å². The van der Waals surface area contributed by atoms with E-state index in [9.17, 15) is 4.79 Å². The summed E-state index contributed by atoms with van der Waals surface area (Å²) in [5.41, 5.74) is 0. The average Bonchev–Trinajstić information content (AvgIpc) is 2.79. The van der Waals surface area contributed by atoms with Crippen molar-refractivity contribution in [2.45, 2.75) is 52.9 Å². The van der Waals surface area contributed by atoms with Crippen LogP contribution in [0.3, 0.4) is 0 Å². The number of hydrogen-bond donors (Lipinski definition) is 2. The molecule has 0 spiro atoms. The van der Waals surface area contributed by atoms with Gasteiger partial charge in [0.25, 0.3) is 0 Å². The second kappa shape index (κ2) is 16.0. The molecule has 1 aromatic heterocycles. The first kappa shape index (κ1) is 27.4. The van der Waals surface area contributed by atoms with Gasteiger partial charge in [0, 0.05) is 64.6 Å². The van der Waals surface area contributed by atoms with E-state index >= 15 is 0 Å². The first-order valence-electron chi connectivity index (χ1n) is 11.5. The molecule has 1 aliphatic rings. The summed E-state index contributed by atoms with van der Waals surface area (Å²) in [6.45, 7) is 11.7. The molecule has 1 aromatic rings. The molecule has 0 aromatic carbocycles. The molecule has 176 valence electrons. The Balaban J connectivity index is 0.00000480. The van der Waals surface area contributed by atoms with E-state index in [4.69, 9.17) is 4.99 Å². The number of unbranched alkanes of at least 4 members (excludes halogenated alkanes) is 1. The third-order valence-electron chi connectivity index (χ3n) is 5.49. The van der Waals surface area contributed by atoms with Crippen LogP contribution in [0, 0.1) is 5.92 Å². The highest BCUT2D eigenvalue weighted by molar-refractivity contribution is 14.0. The maximum absolute atomic E-state index is 12.6. The minimum absolute atomic E-state index is 0. The molecule has 0 saturated carbocycles. The Morgan fingerprint density at radius 2 is 1.84 bits per heavy atom. The van der Waals surface area contributed by atoms with Crippen molar-refractivity contribution >= 4 is 41.8 Å². The number of guanidine groups is 1. The van der Waals surface area contributed by atoms with Crippen LogP contribution in [0.5, 0.6) is 0 Å². The van der Waals surface area contributed by atoms with Gasteiger partial charge in [-0.1, -0.05) is 33.1 Å². The van der Waals surface area contributed by atoms with Crippen molar-refractivity contribution in [2.75, 3.05) is 50.7 Å². The SMILES string of the molecule is CCCCC(CC)CN=C(NCC)NCCC(=O)N1CCN(c2ncccn2)CC1.I. The van der Waals surface area contributed by atoms with E-state index in [2.05, 4.69) is 46.3 Å². The van der Waals surface area contributed by atoms with Crippen LogP contribution in [0.25, 0.3) is 0 Å². The van der Waals surface area contributed by atoms with Gasteiger partial charge >= 0.3 is 0 Å². The summed E-state index contributed by atoms with van der Waals surface area (Å²) in [5, 5.41) is 6.61. The minimum atomic E-state index is 0. The quantitative estimate of drug-likeness (QED) is 0.253. The Hall–Kier alpha value is -1.65. The third-order valence-corrected chi connectivity index (χ3v) is 5.49. The summed E-state index contributed by atoms with van der Waals surface area (Å²) >= 11 is 0. The number of nitrogens with zero attached hydrogens (tertiary/aromatic N) is 5. The van der Waals surface area contributed by atoms with Gasteiger partial charge in [-0.2, -0.15) is 0 Å². The van der Waals surface area contributed by atoms with Gasteiger partial charge < -0.3 is 20.4 Å². The molecule has 31 heavy (non-hydrogen) atoms. The van der Waals surface area contributed by atoms with Gasteiger partial charge in [-0.15, -0.1) is 24.0 Å². The number of carbonyl (C=O) groups is 1. The van der Waals surface area contributed by atoms with E-state index in [1.54, 1.807) is 12.4 Å². The van der Waals surface area contributed by atoms with Crippen LogP contribution in [-0.2, 0) is 4.79 Å². The standard InChI is InChI=1S/C22H39N7O.HI/c1-4-7-9-19(5-2)18-27-21(23-6-3)24-13-10-20(30)28-14-16-29(17-15-28)22-25-11-8-12-26-22;/h8,11-12,19H,4-7,9-10,13-18H2,1-3H3,(H2,23,24,27);1H. The van der Waals surface area contributed by atoms with Gasteiger partial charge in [-0.25, -0.2) is 9.97 Å². The van der Waals surface area contributed by atoms with E-state index < -0.39 is 0 Å². The molecule has 0 aliphatic carbocycles. The molecule has 8 nitrogen and oxygen atoms in total. The largest absolute Gasteiger partial charge is 0.357 e. The molecule has 0 radical (unpaired) electrons. The second-order valence-corrected chi connectivity index (χ2v) is 7.73. The lowest BCUT2D eigenvalue weighted by Gasteiger charge is -2.34. The van der Waals surface area contributed by atoms with Gasteiger partial charge in [0.05, 0.1) is 0 Å².